The average Bonchev–Trinajstić information content (AvgIpc) is 3.54. The highest BCUT2D eigenvalue weighted by Crippen LogP contribution is 2.34. The lowest BCUT2D eigenvalue weighted by atomic mass is 9.91. The van der Waals surface area contributed by atoms with Crippen molar-refractivity contribution in [1.82, 2.24) is 20.3 Å². The Bertz CT molecular complexity index is 1370. The highest BCUT2D eigenvalue weighted by atomic mass is 19.1. The number of carbonyl (C=O) groups excluding carboxylic acids is 3. The maximum Gasteiger partial charge on any atom is 0.255 e. The van der Waals surface area contributed by atoms with Crippen molar-refractivity contribution in [2.75, 3.05) is 33.3 Å². The molecular formula is C30H35FN4O5. The fourth-order valence-corrected chi connectivity index (χ4v) is 5.81. The van der Waals surface area contributed by atoms with Crippen LogP contribution in [0.3, 0.4) is 0 Å². The van der Waals surface area contributed by atoms with E-state index >= 15 is 0 Å². The first-order chi connectivity index (χ1) is 19.5. The normalized spacial score (nSPS) is 16.8. The average molecular weight is 551 g/mol. The van der Waals surface area contributed by atoms with Gasteiger partial charge in [0.05, 0.1) is 18.8 Å². The van der Waals surface area contributed by atoms with Gasteiger partial charge in [-0.05, 0) is 76.0 Å². The molecule has 10 heteroatoms. The molecular weight excluding hydrogens is 515 g/mol. The Morgan fingerprint density at radius 2 is 2.08 bits per heavy atom. The molecule has 2 amide bonds. The molecule has 1 aromatic heterocycles. The second kappa shape index (κ2) is 12.6. The van der Waals surface area contributed by atoms with E-state index in [0.717, 1.165) is 68.2 Å². The molecule has 3 heterocycles. The summed E-state index contributed by atoms with van der Waals surface area (Å²) in [7, 11) is 1.53. The number of halogens is 1. The van der Waals surface area contributed by atoms with Gasteiger partial charge in [-0.2, -0.15) is 0 Å². The second-order valence-electron chi connectivity index (χ2n) is 10.5. The summed E-state index contributed by atoms with van der Waals surface area (Å²) in [4.78, 5) is 40.4. The number of amides is 2. The summed E-state index contributed by atoms with van der Waals surface area (Å²) in [6, 6.07) is 9.32. The molecule has 1 unspecified atom stereocenters. The molecule has 1 atom stereocenters. The largest absolute Gasteiger partial charge is 0.493 e. The molecule has 2 aliphatic heterocycles. The maximum absolute atomic E-state index is 13.5. The van der Waals surface area contributed by atoms with Gasteiger partial charge >= 0.3 is 0 Å². The van der Waals surface area contributed by atoms with Crippen LogP contribution in [0.5, 0.6) is 5.75 Å². The lowest BCUT2D eigenvalue weighted by molar-refractivity contribution is -0.125. The van der Waals surface area contributed by atoms with Gasteiger partial charge in [0.1, 0.15) is 23.9 Å². The van der Waals surface area contributed by atoms with E-state index in [1.165, 1.54) is 24.1 Å². The molecule has 212 valence electrons. The third-order valence-electron chi connectivity index (χ3n) is 8.00. The number of nitrogens with zero attached hydrogens (tertiary/aromatic N) is 3. The summed E-state index contributed by atoms with van der Waals surface area (Å²) in [6.45, 7) is 3.74. The molecule has 9 nitrogen and oxygen atoms in total. The van der Waals surface area contributed by atoms with Gasteiger partial charge < -0.3 is 29.2 Å². The minimum absolute atomic E-state index is 0.206. The summed E-state index contributed by atoms with van der Waals surface area (Å²) in [5.74, 6) is 0.172. The molecule has 2 aliphatic rings. The molecule has 0 radical (unpaired) electrons. The highest BCUT2D eigenvalue weighted by Gasteiger charge is 2.37. The van der Waals surface area contributed by atoms with Crippen LogP contribution >= 0.6 is 0 Å². The fraction of sp³-hybridized carbons (Fsp3) is 0.467. The quantitative estimate of drug-likeness (QED) is 0.268. The van der Waals surface area contributed by atoms with Crippen LogP contribution in [-0.2, 0) is 16.1 Å². The molecule has 0 bridgehead atoms. The number of likely N-dealkylation sites (tertiary alicyclic amines) is 1. The van der Waals surface area contributed by atoms with Crippen molar-refractivity contribution in [3.63, 3.8) is 0 Å². The topological polar surface area (TPSA) is 105 Å². The van der Waals surface area contributed by atoms with Gasteiger partial charge in [-0.25, -0.2) is 4.39 Å². The molecule has 1 N–H and O–H groups in total. The van der Waals surface area contributed by atoms with E-state index in [4.69, 9.17) is 9.26 Å². The van der Waals surface area contributed by atoms with E-state index < -0.39 is 6.04 Å². The number of hydrogen-bond donors (Lipinski definition) is 1. The van der Waals surface area contributed by atoms with Crippen LogP contribution in [0.4, 0.5) is 4.39 Å². The first-order valence-electron chi connectivity index (χ1n) is 14.0. The molecule has 3 aromatic rings. The maximum atomic E-state index is 13.5. The number of likely N-dealkylation sites (N-methyl/N-ethyl adjacent to an activating group) is 1. The van der Waals surface area contributed by atoms with Crippen LogP contribution < -0.4 is 10.1 Å². The molecule has 5 rings (SSSR count). The number of aromatic nitrogens is 1. The third-order valence-corrected chi connectivity index (χ3v) is 8.00. The van der Waals surface area contributed by atoms with E-state index in [-0.39, 0.29) is 37.0 Å². The molecule has 2 aromatic carbocycles. The minimum atomic E-state index is -0.696. The molecule has 1 saturated heterocycles. The van der Waals surface area contributed by atoms with E-state index in [0.29, 0.717) is 29.4 Å². The van der Waals surface area contributed by atoms with Crippen molar-refractivity contribution < 1.29 is 28.0 Å². The van der Waals surface area contributed by atoms with Gasteiger partial charge in [-0.3, -0.25) is 9.59 Å². The number of unbranched alkanes of at least 4 members (excludes halogenated alkanes) is 1. The summed E-state index contributed by atoms with van der Waals surface area (Å²) >= 11 is 0. The SMILES string of the molecule is CNC(=O)C(CCC=O)N1Cc2c(OCCCCN3CCC(c4noc5cc(F)ccc45)CC3)cccc2C1=O. The first-order valence-corrected chi connectivity index (χ1v) is 14.0. The van der Waals surface area contributed by atoms with Crippen LogP contribution in [-0.4, -0.2) is 72.4 Å². The van der Waals surface area contributed by atoms with Crippen molar-refractivity contribution in [2.24, 2.45) is 0 Å². The molecule has 0 aliphatic carbocycles. The van der Waals surface area contributed by atoms with Crippen LogP contribution in [0, 0.1) is 5.82 Å². The number of carbonyl (C=O) groups is 3. The summed E-state index contributed by atoms with van der Waals surface area (Å²) in [6.07, 6.45) is 5.09. The Labute approximate surface area is 232 Å². The predicted octanol–water partition coefficient (Wildman–Crippen LogP) is 4.06. The number of fused-ring (bicyclic) bond motifs is 2. The van der Waals surface area contributed by atoms with Gasteiger partial charge in [-0.1, -0.05) is 11.2 Å². The summed E-state index contributed by atoms with van der Waals surface area (Å²) < 4.78 is 24.9. The van der Waals surface area contributed by atoms with Gasteiger partial charge in [0.2, 0.25) is 5.91 Å². The number of rotatable bonds is 12. The number of nitrogens with one attached hydrogen (secondary N) is 1. The lowest BCUT2D eigenvalue weighted by Gasteiger charge is -2.31. The Kier molecular flexibility index (Phi) is 8.74. The number of benzene rings is 2. The van der Waals surface area contributed by atoms with Crippen LogP contribution in [0.15, 0.2) is 40.9 Å². The van der Waals surface area contributed by atoms with Crippen molar-refractivity contribution in [2.45, 2.75) is 57.0 Å². The van der Waals surface area contributed by atoms with Gasteiger partial charge in [-0.15, -0.1) is 0 Å². The monoisotopic (exact) mass is 550 g/mol. The lowest BCUT2D eigenvalue weighted by Crippen LogP contribution is -2.46. The number of aldehydes is 1. The van der Waals surface area contributed by atoms with Crippen molar-refractivity contribution in [3.8, 4) is 5.75 Å². The van der Waals surface area contributed by atoms with Crippen molar-refractivity contribution in [1.29, 1.82) is 0 Å². The minimum Gasteiger partial charge on any atom is -0.493 e. The Hall–Kier alpha value is -3.79. The smallest absolute Gasteiger partial charge is 0.255 e. The highest BCUT2D eigenvalue weighted by molar-refractivity contribution is 6.01. The third kappa shape index (κ3) is 5.86. The van der Waals surface area contributed by atoms with Crippen LogP contribution in [0.25, 0.3) is 11.0 Å². The van der Waals surface area contributed by atoms with E-state index in [2.05, 4.69) is 15.4 Å². The zero-order chi connectivity index (χ0) is 28.1. The van der Waals surface area contributed by atoms with Crippen LogP contribution in [0.1, 0.15) is 66.1 Å². The molecule has 0 saturated carbocycles. The van der Waals surface area contributed by atoms with Gasteiger partial charge in [0.15, 0.2) is 5.58 Å². The number of piperidine rings is 1. The predicted molar refractivity (Wildman–Crippen MR) is 147 cm³/mol. The van der Waals surface area contributed by atoms with Gasteiger partial charge in [0.25, 0.3) is 5.91 Å². The van der Waals surface area contributed by atoms with Gasteiger partial charge in [0, 0.05) is 42.0 Å². The zero-order valence-electron chi connectivity index (χ0n) is 22.7. The fourth-order valence-electron chi connectivity index (χ4n) is 5.81. The summed E-state index contributed by atoms with van der Waals surface area (Å²) in [5.41, 5.74) is 2.77. The van der Waals surface area contributed by atoms with E-state index in [9.17, 15) is 18.8 Å². The second-order valence-corrected chi connectivity index (χ2v) is 10.5. The van der Waals surface area contributed by atoms with Crippen molar-refractivity contribution in [3.05, 3.63) is 59.0 Å². The Morgan fingerprint density at radius 3 is 2.85 bits per heavy atom. The molecule has 0 spiro atoms. The standard InChI is InChI=1S/C30H35FN4O5/c1-32-29(37)25(7-5-16-36)35-19-24-22(30(35)38)6-4-8-26(24)39-17-3-2-13-34-14-11-20(12-15-34)28-23-10-9-21(31)18-27(23)40-33-28/h4,6,8-10,16,18,20,25H,2-3,5,7,11-15,17,19H2,1H3,(H,32,37). The van der Waals surface area contributed by atoms with Crippen molar-refractivity contribution >= 4 is 29.1 Å². The van der Waals surface area contributed by atoms with E-state index in [1.54, 1.807) is 18.2 Å². The van der Waals surface area contributed by atoms with E-state index in [1.807, 2.05) is 6.07 Å². The molecule has 40 heavy (non-hydrogen) atoms. The molecule has 1 fully saturated rings. The number of hydrogen-bond acceptors (Lipinski definition) is 7. The Morgan fingerprint density at radius 1 is 1.25 bits per heavy atom. The zero-order valence-corrected chi connectivity index (χ0v) is 22.7. The number of ether oxygens (including phenoxy) is 1. The summed E-state index contributed by atoms with van der Waals surface area (Å²) in [5, 5.41) is 7.74. The Balaban J connectivity index is 1.08. The first kappa shape index (κ1) is 27.8. The van der Waals surface area contributed by atoms with Crippen LogP contribution in [0.2, 0.25) is 0 Å².